The zero-order valence-corrected chi connectivity index (χ0v) is 15.0. The first-order valence-corrected chi connectivity index (χ1v) is 9.24. The SMILES string of the molecule is O=C(O)CCNS(=O)(=O)c1cc(NC(=O)c2ccc(F)cc2)ccc1C(=O)O. The molecule has 2 aromatic rings. The number of carboxylic acids is 2. The van der Waals surface area contributed by atoms with E-state index in [1.165, 1.54) is 18.2 Å². The maximum atomic E-state index is 12.9. The zero-order valence-electron chi connectivity index (χ0n) is 14.2. The van der Waals surface area contributed by atoms with E-state index in [2.05, 4.69) is 5.32 Å². The van der Waals surface area contributed by atoms with Gasteiger partial charge in [-0.2, -0.15) is 0 Å². The van der Waals surface area contributed by atoms with Crippen molar-refractivity contribution in [3.63, 3.8) is 0 Å². The van der Waals surface area contributed by atoms with Gasteiger partial charge < -0.3 is 15.5 Å². The van der Waals surface area contributed by atoms with Crippen molar-refractivity contribution in [2.75, 3.05) is 11.9 Å². The molecule has 4 N–H and O–H groups in total. The van der Waals surface area contributed by atoms with Gasteiger partial charge in [-0.3, -0.25) is 9.59 Å². The predicted octanol–water partition coefficient (Wildman–Crippen LogP) is 1.53. The van der Waals surface area contributed by atoms with Gasteiger partial charge in [0.1, 0.15) is 5.82 Å². The molecule has 0 aliphatic rings. The lowest BCUT2D eigenvalue weighted by atomic mass is 10.2. The van der Waals surface area contributed by atoms with Crippen LogP contribution in [0.3, 0.4) is 0 Å². The number of carbonyl (C=O) groups is 3. The van der Waals surface area contributed by atoms with Gasteiger partial charge in [-0.25, -0.2) is 22.3 Å². The lowest BCUT2D eigenvalue weighted by Crippen LogP contribution is -2.28. The number of nitrogens with one attached hydrogen (secondary N) is 2. The Labute approximate surface area is 158 Å². The molecule has 0 aliphatic heterocycles. The largest absolute Gasteiger partial charge is 0.481 e. The first kappa shape index (κ1) is 21.0. The predicted molar refractivity (Wildman–Crippen MR) is 95.2 cm³/mol. The third-order valence-electron chi connectivity index (χ3n) is 3.50. The van der Waals surface area contributed by atoms with Crippen molar-refractivity contribution in [3.05, 3.63) is 59.4 Å². The zero-order chi connectivity index (χ0) is 20.9. The second-order valence-electron chi connectivity index (χ2n) is 5.52. The van der Waals surface area contributed by atoms with Crippen LogP contribution in [0.4, 0.5) is 10.1 Å². The number of hydrogen-bond donors (Lipinski definition) is 4. The molecular weight excluding hydrogens is 395 g/mol. The molecule has 0 radical (unpaired) electrons. The van der Waals surface area contributed by atoms with Gasteiger partial charge in [0.2, 0.25) is 10.0 Å². The summed E-state index contributed by atoms with van der Waals surface area (Å²) in [5.74, 6) is -3.95. The van der Waals surface area contributed by atoms with Crippen molar-refractivity contribution in [1.82, 2.24) is 4.72 Å². The highest BCUT2D eigenvalue weighted by atomic mass is 32.2. The van der Waals surface area contributed by atoms with Gasteiger partial charge in [-0.05, 0) is 42.5 Å². The van der Waals surface area contributed by atoms with E-state index in [0.29, 0.717) is 0 Å². The van der Waals surface area contributed by atoms with Crippen LogP contribution in [-0.2, 0) is 14.8 Å². The van der Waals surface area contributed by atoms with Crippen LogP contribution < -0.4 is 10.0 Å². The molecule has 0 aromatic heterocycles. The molecule has 0 fully saturated rings. The number of aromatic carboxylic acids is 1. The van der Waals surface area contributed by atoms with E-state index in [1.54, 1.807) is 0 Å². The summed E-state index contributed by atoms with van der Waals surface area (Å²) in [6, 6.07) is 7.72. The van der Waals surface area contributed by atoms with Crippen molar-refractivity contribution in [1.29, 1.82) is 0 Å². The van der Waals surface area contributed by atoms with Crippen LogP contribution in [0.25, 0.3) is 0 Å². The Morgan fingerprint density at radius 3 is 2.21 bits per heavy atom. The molecule has 0 saturated heterocycles. The van der Waals surface area contributed by atoms with E-state index in [-0.39, 0.29) is 11.3 Å². The third kappa shape index (κ3) is 5.34. The third-order valence-corrected chi connectivity index (χ3v) is 5.00. The lowest BCUT2D eigenvalue weighted by molar-refractivity contribution is -0.136. The van der Waals surface area contributed by atoms with Crippen molar-refractivity contribution in [2.45, 2.75) is 11.3 Å². The smallest absolute Gasteiger partial charge is 0.337 e. The Bertz CT molecular complexity index is 1020. The number of benzene rings is 2. The highest BCUT2D eigenvalue weighted by molar-refractivity contribution is 7.89. The number of sulfonamides is 1. The number of aliphatic carboxylic acids is 1. The average molecular weight is 410 g/mol. The monoisotopic (exact) mass is 410 g/mol. The topological polar surface area (TPSA) is 150 Å². The van der Waals surface area contributed by atoms with Crippen molar-refractivity contribution >= 4 is 33.6 Å². The highest BCUT2D eigenvalue weighted by Crippen LogP contribution is 2.22. The van der Waals surface area contributed by atoms with Crippen LogP contribution in [0.1, 0.15) is 27.1 Å². The van der Waals surface area contributed by atoms with Gasteiger partial charge >= 0.3 is 11.9 Å². The van der Waals surface area contributed by atoms with Crippen LogP contribution >= 0.6 is 0 Å². The van der Waals surface area contributed by atoms with E-state index in [0.717, 1.165) is 24.3 Å². The average Bonchev–Trinajstić information content (AvgIpc) is 2.61. The number of amides is 1. The highest BCUT2D eigenvalue weighted by Gasteiger charge is 2.23. The standard InChI is InChI=1S/C17H15FN2O7S/c18-11-3-1-10(2-4-11)16(23)20-12-5-6-13(17(24)25)14(9-12)28(26,27)19-8-7-15(21)22/h1-6,9,19H,7-8H2,(H,20,23)(H,21,22)(H,24,25). The summed E-state index contributed by atoms with van der Waals surface area (Å²) in [5.41, 5.74) is -0.465. The molecule has 0 bridgehead atoms. The van der Waals surface area contributed by atoms with E-state index in [1.807, 2.05) is 4.72 Å². The second-order valence-corrected chi connectivity index (χ2v) is 7.25. The van der Waals surface area contributed by atoms with E-state index < -0.39 is 57.1 Å². The van der Waals surface area contributed by atoms with Gasteiger partial charge in [0.25, 0.3) is 5.91 Å². The maximum Gasteiger partial charge on any atom is 0.337 e. The Balaban J connectivity index is 2.31. The molecule has 2 aromatic carbocycles. The van der Waals surface area contributed by atoms with Gasteiger partial charge in [-0.1, -0.05) is 0 Å². The first-order chi connectivity index (χ1) is 13.1. The quantitative estimate of drug-likeness (QED) is 0.515. The van der Waals surface area contributed by atoms with Crippen LogP contribution in [-0.4, -0.2) is 43.0 Å². The molecule has 2 rings (SSSR count). The fourth-order valence-corrected chi connectivity index (χ4v) is 3.43. The second kappa shape index (κ2) is 8.59. The lowest BCUT2D eigenvalue weighted by Gasteiger charge is -2.12. The molecule has 11 heteroatoms. The van der Waals surface area contributed by atoms with Crippen molar-refractivity contribution in [3.8, 4) is 0 Å². The summed E-state index contributed by atoms with van der Waals surface area (Å²) in [4.78, 5) is 33.4. The fourth-order valence-electron chi connectivity index (χ4n) is 2.17. The minimum atomic E-state index is -4.36. The molecule has 0 atom stereocenters. The van der Waals surface area contributed by atoms with Gasteiger partial charge in [0, 0.05) is 17.8 Å². The summed E-state index contributed by atoms with van der Waals surface area (Å²) in [7, 11) is -4.36. The molecule has 0 spiro atoms. The summed E-state index contributed by atoms with van der Waals surface area (Å²) < 4.78 is 39.7. The van der Waals surface area contributed by atoms with Crippen LogP contribution in [0, 0.1) is 5.82 Å². The Morgan fingerprint density at radius 2 is 1.64 bits per heavy atom. The normalized spacial score (nSPS) is 11.0. The van der Waals surface area contributed by atoms with E-state index in [4.69, 9.17) is 5.11 Å². The Morgan fingerprint density at radius 1 is 1.00 bits per heavy atom. The van der Waals surface area contributed by atoms with Crippen molar-refractivity contribution in [2.24, 2.45) is 0 Å². The van der Waals surface area contributed by atoms with E-state index >= 15 is 0 Å². The summed E-state index contributed by atoms with van der Waals surface area (Å²) >= 11 is 0. The number of rotatable bonds is 8. The molecule has 148 valence electrons. The molecule has 28 heavy (non-hydrogen) atoms. The molecule has 0 saturated carbocycles. The van der Waals surface area contributed by atoms with Gasteiger partial charge in [-0.15, -0.1) is 0 Å². The number of carbonyl (C=O) groups excluding carboxylic acids is 1. The number of anilines is 1. The molecule has 0 unspecified atom stereocenters. The Kier molecular flexibility index (Phi) is 6.44. The van der Waals surface area contributed by atoms with E-state index in [9.17, 15) is 32.3 Å². The Hall–Kier alpha value is -3.31. The fraction of sp³-hybridized carbons (Fsp3) is 0.118. The maximum absolute atomic E-state index is 12.9. The minimum absolute atomic E-state index is 0.0158. The number of carboxylic acid groups (broad SMARTS) is 2. The number of halogens is 1. The summed E-state index contributed by atoms with van der Waals surface area (Å²) in [5, 5.41) is 20.2. The molecule has 9 nitrogen and oxygen atoms in total. The number of hydrogen-bond acceptors (Lipinski definition) is 5. The van der Waals surface area contributed by atoms with Crippen molar-refractivity contribution < 1.29 is 37.4 Å². The molecular formula is C17H15FN2O7S. The van der Waals surface area contributed by atoms with Gasteiger partial charge in [0.05, 0.1) is 16.9 Å². The van der Waals surface area contributed by atoms with Gasteiger partial charge in [0.15, 0.2) is 0 Å². The van der Waals surface area contributed by atoms with Crippen LogP contribution in [0.15, 0.2) is 47.4 Å². The first-order valence-electron chi connectivity index (χ1n) is 7.76. The minimum Gasteiger partial charge on any atom is -0.481 e. The summed E-state index contributed by atoms with van der Waals surface area (Å²) in [6.07, 6.45) is -0.497. The molecule has 0 aliphatic carbocycles. The van der Waals surface area contributed by atoms with Crippen LogP contribution in [0.5, 0.6) is 0 Å². The molecule has 1 amide bonds. The molecule has 0 heterocycles. The van der Waals surface area contributed by atoms with Crippen LogP contribution in [0.2, 0.25) is 0 Å². The summed E-state index contributed by atoms with van der Waals surface area (Å²) in [6.45, 7) is -0.442.